The number of amides is 1. The maximum absolute atomic E-state index is 12.5. The highest BCUT2D eigenvalue weighted by Gasteiger charge is 2.35. The number of alkyl halides is 3. The van der Waals surface area contributed by atoms with E-state index in [0.29, 0.717) is 18.1 Å². The van der Waals surface area contributed by atoms with Gasteiger partial charge in [0.1, 0.15) is 0 Å². The van der Waals surface area contributed by atoms with Crippen LogP contribution in [0.25, 0.3) is 0 Å². The summed E-state index contributed by atoms with van der Waals surface area (Å²) in [5.41, 5.74) is 0.123. The Bertz CT molecular complexity index is 742. The van der Waals surface area contributed by atoms with Crippen LogP contribution in [0.4, 0.5) is 13.2 Å². The van der Waals surface area contributed by atoms with Crippen molar-refractivity contribution in [3.63, 3.8) is 0 Å². The number of nitrogens with one attached hydrogen (secondary N) is 2. The van der Waals surface area contributed by atoms with Gasteiger partial charge in [0.05, 0.1) is 17.1 Å². The van der Waals surface area contributed by atoms with Crippen molar-refractivity contribution in [1.82, 2.24) is 25.4 Å². The molecule has 3 rings (SSSR count). The fourth-order valence-electron chi connectivity index (χ4n) is 2.92. The molecule has 0 aromatic carbocycles. The Balaban J connectivity index is 1.53. The van der Waals surface area contributed by atoms with Gasteiger partial charge in [0, 0.05) is 50.6 Å². The van der Waals surface area contributed by atoms with E-state index >= 15 is 0 Å². The zero-order valence-electron chi connectivity index (χ0n) is 13.5. The van der Waals surface area contributed by atoms with Crippen molar-refractivity contribution in [2.45, 2.75) is 18.5 Å². The van der Waals surface area contributed by atoms with Crippen LogP contribution in [-0.2, 0) is 24.4 Å². The lowest BCUT2D eigenvalue weighted by atomic mass is 9.90. The standard InChI is InChI=1S/C15H18F3N5OS/c1-23-7-9(4-21-23)10-5-19-6-11(10)14(24)20-3-2-13-22-12(8-25-13)15(16,17)18/h4,7-8,10-11,19H,2-3,5-6H2,1H3,(H,20,24)/t10-,11+/m1/s1. The molecule has 0 radical (unpaired) electrons. The second-order valence-electron chi connectivity index (χ2n) is 5.98. The largest absolute Gasteiger partial charge is 0.434 e. The summed E-state index contributed by atoms with van der Waals surface area (Å²) in [5.74, 6) is -0.275. The molecule has 136 valence electrons. The summed E-state index contributed by atoms with van der Waals surface area (Å²) >= 11 is 0.955. The first-order valence-corrected chi connectivity index (χ1v) is 8.71. The molecule has 25 heavy (non-hydrogen) atoms. The van der Waals surface area contributed by atoms with Gasteiger partial charge in [-0.3, -0.25) is 9.48 Å². The predicted octanol–water partition coefficient (Wildman–Crippen LogP) is 1.56. The molecule has 2 N–H and O–H groups in total. The maximum atomic E-state index is 12.5. The molecular weight excluding hydrogens is 355 g/mol. The van der Waals surface area contributed by atoms with Crippen molar-refractivity contribution < 1.29 is 18.0 Å². The Morgan fingerprint density at radius 2 is 2.28 bits per heavy atom. The summed E-state index contributed by atoms with van der Waals surface area (Å²) in [6.45, 7) is 1.53. The molecule has 0 spiro atoms. The van der Waals surface area contributed by atoms with Crippen LogP contribution >= 0.6 is 11.3 Å². The molecule has 0 unspecified atom stereocenters. The molecule has 2 aromatic rings. The van der Waals surface area contributed by atoms with Crippen molar-refractivity contribution in [1.29, 1.82) is 0 Å². The van der Waals surface area contributed by atoms with Crippen molar-refractivity contribution in [3.8, 4) is 0 Å². The Morgan fingerprint density at radius 3 is 2.92 bits per heavy atom. The number of hydrogen-bond donors (Lipinski definition) is 2. The van der Waals surface area contributed by atoms with Gasteiger partial charge in [0.15, 0.2) is 5.69 Å². The number of rotatable bonds is 5. The molecule has 2 aromatic heterocycles. The normalized spacial score (nSPS) is 20.8. The van der Waals surface area contributed by atoms with E-state index in [1.807, 2.05) is 13.2 Å². The van der Waals surface area contributed by atoms with Crippen LogP contribution in [0.5, 0.6) is 0 Å². The van der Waals surface area contributed by atoms with Crippen molar-refractivity contribution in [2.24, 2.45) is 13.0 Å². The topological polar surface area (TPSA) is 71.8 Å². The lowest BCUT2D eigenvalue weighted by Gasteiger charge is -2.16. The molecule has 1 aliphatic rings. The minimum Gasteiger partial charge on any atom is -0.355 e. The summed E-state index contributed by atoms with van der Waals surface area (Å²) < 4.78 is 39.3. The van der Waals surface area contributed by atoms with Crippen LogP contribution in [-0.4, -0.2) is 40.3 Å². The molecular formula is C15H18F3N5OS. The third-order valence-corrected chi connectivity index (χ3v) is 5.09. The van der Waals surface area contributed by atoms with E-state index in [-0.39, 0.29) is 30.7 Å². The molecule has 0 aliphatic carbocycles. The first-order chi connectivity index (χ1) is 11.8. The van der Waals surface area contributed by atoms with Crippen LogP contribution in [0.3, 0.4) is 0 Å². The second-order valence-corrected chi connectivity index (χ2v) is 6.93. The predicted molar refractivity (Wildman–Crippen MR) is 86.1 cm³/mol. The van der Waals surface area contributed by atoms with Crippen molar-refractivity contribution in [3.05, 3.63) is 34.0 Å². The fourth-order valence-corrected chi connectivity index (χ4v) is 3.72. The molecule has 10 heteroatoms. The Kier molecular flexibility index (Phi) is 5.09. The highest BCUT2D eigenvalue weighted by Crippen LogP contribution is 2.30. The molecule has 1 saturated heterocycles. The Morgan fingerprint density at radius 1 is 1.48 bits per heavy atom. The van der Waals surface area contributed by atoms with Crippen molar-refractivity contribution in [2.75, 3.05) is 19.6 Å². The number of aromatic nitrogens is 3. The first kappa shape index (κ1) is 17.9. The summed E-state index contributed by atoms with van der Waals surface area (Å²) in [4.78, 5) is 16.0. The molecule has 0 bridgehead atoms. The molecule has 1 fully saturated rings. The second kappa shape index (κ2) is 7.12. The fraction of sp³-hybridized carbons (Fsp3) is 0.533. The first-order valence-electron chi connectivity index (χ1n) is 7.83. The van der Waals surface area contributed by atoms with Crippen LogP contribution in [0, 0.1) is 5.92 Å². The van der Waals surface area contributed by atoms with Crippen molar-refractivity contribution >= 4 is 17.2 Å². The summed E-state index contributed by atoms with van der Waals surface area (Å²) in [5, 5.41) is 11.5. The van der Waals surface area contributed by atoms with Crippen LogP contribution in [0.1, 0.15) is 22.2 Å². The monoisotopic (exact) mass is 373 g/mol. The van der Waals surface area contributed by atoms with E-state index in [1.165, 1.54) is 0 Å². The van der Waals surface area contributed by atoms with E-state index in [1.54, 1.807) is 10.9 Å². The van der Waals surface area contributed by atoms with Gasteiger partial charge in [-0.15, -0.1) is 11.3 Å². The SMILES string of the molecule is Cn1cc([C@H]2CNC[C@@H]2C(=O)NCCc2nc(C(F)(F)F)cs2)cn1. The summed E-state index contributed by atoms with van der Waals surface area (Å²) in [7, 11) is 1.82. The average Bonchev–Trinajstić information content (AvgIpc) is 3.25. The number of halogens is 3. The lowest BCUT2D eigenvalue weighted by molar-refractivity contribution is -0.140. The van der Waals surface area contributed by atoms with Crippen LogP contribution in [0.15, 0.2) is 17.8 Å². The number of carbonyl (C=O) groups excluding carboxylic acids is 1. The third-order valence-electron chi connectivity index (χ3n) is 4.18. The van der Waals surface area contributed by atoms with Gasteiger partial charge >= 0.3 is 6.18 Å². The van der Waals surface area contributed by atoms with Crippen LogP contribution in [0.2, 0.25) is 0 Å². The highest BCUT2D eigenvalue weighted by atomic mass is 32.1. The molecule has 6 nitrogen and oxygen atoms in total. The molecule has 2 atom stereocenters. The van der Waals surface area contributed by atoms with E-state index in [0.717, 1.165) is 22.3 Å². The zero-order chi connectivity index (χ0) is 18.0. The highest BCUT2D eigenvalue weighted by molar-refractivity contribution is 7.09. The minimum absolute atomic E-state index is 0.0467. The number of aryl methyl sites for hydroxylation is 1. The van der Waals surface area contributed by atoms with Gasteiger partial charge in [-0.2, -0.15) is 18.3 Å². The van der Waals surface area contributed by atoms with Gasteiger partial charge in [0.25, 0.3) is 0 Å². The van der Waals surface area contributed by atoms with E-state index in [4.69, 9.17) is 0 Å². The van der Waals surface area contributed by atoms with Gasteiger partial charge in [-0.25, -0.2) is 4.98 Å². The van der Waals surface area contributed by atoms with Gasteiger partial charge in [-0.1, -0.05) is 0 Å². The number of thiazole rings is 1. The molecule has 1 amide bonds. The van der Waals surface area contributed by atoms with Gasteiger partial charge in [0.2, 0.25) is 5.91 Å². The summed E-state index contributed by atoms with van der Waals surface area (Å²) in [6.07, 6.45) is -0.493. The maximum Gasteiger partial charge on any atom is 0.434 e. The van der Waals surface area contributed by atoms with E-state index in [9.17, 15) is 18.0 Å². The molecule has 0 saturated carbocycles. The smallest absolute Gasteiger partial charge is 0.355 e. The minimum atomic E-state index is -4.43. The van der Waals surface area contributed by atoms with Gasteiger partial charge in [-0.05, 0) is 5.56 Å². The number of hydrogen-bond acceptors (Lipinski definition) is 5. The third kappa shape index (κ3) is 4.18. The van der Waals surface area contributed by atoms with E-state index < -0.39 is 11.9 Å². The lowest BCUT2D eigenvalue weighted by Crippen LogP contribution is -2.35. The van der Waals surface area contributed by atoms with Gasteiger partial charge < -0.3 is 10.6 Å². The zero-order valence-corrected chi connectivity index (χ0v) is 14.3. The number of carbonyl (C=O) groups is 1. The summed E-state index contributed by atoms with van der Waals surface area (Å²) in [6, 6.07) is 0. The van der Waals surface area contributed by atoms with Crippen LogP contribution < -0.4 is 10.6 Å². The quantitative estimate of drug-likeness (QED) is 0.834. The Labute approximate surface area is 146 Å². The molecule has 3 heterocycles. The van der Waals surface area contributed by atoms with E-state index in [2.05, 4.69) is 20.7 Å². The molecule has 1 aliphatic heterocycles. The average molecular weight is 373 g/mol. The number of nitrogens with zero attached hydrogens (tertiary/aromatic N) is 3. The Hall–Kier alpha value is -1.94.